The summed E-state index contributed by atoms with van der Waals surface area (Å²) in [5.74, 6) is -0.751. The van der Waals surface area contributed by atoms with Gasteiger partial charge in [0.2, 0.25) is 0 Å². The Morgan fingerprint density at radius 2 is 2.29 bits per heavy atom. The zero-order valence-electron chi connectivity index (χ0n) is 6.89. The molecule has 1 aromatic rings. The third kappa shape index (κ3) is 3.48. The lowest BCUT2D eigenvalue weighted by atomic mass is 10.4. The summed E-state index contributed by atoms with van der Waals surface area (Å²) in [4.78, 5) is 17.4. The van der Waals surface area contributed by atoms with E-state index in [9.17, 15) is 18.0 Å². The van der Waals surface area contributed by atoms with Gasteiger partial charge in [-0.05, 0) is 12.1 Å². The lowest BCUT2D eigenvalue weighted by Crippen LogP contribution is -2.29. The van der Waals surface area contributed by atoms with Crippen molar-refractivity contribution in [3.63, 3.8) is 0 Å². The number of aromatic nitrogens is 1. The van der Waals surface area contributed by atoms with Gasteiger partial charge in [0.25, 0.3) is 5.91 Å². The summed E-state index contributed by atoms with van der Waals surface area (Å²) in [5.41, 5.74) is 1.78. The number of carbonyl (C=O) groups is 1. The maximum atomic E-state index is 11.6. The van der Waals surface area contributed by atoms with Crippen molar-refractivity contribution in [2.24, 2.45) is 0 Å². The number of amides is 1. The molecule has 0 spiro atoms. The Morgan fingerprint density at radius 3 is 2.79 bits per heavy atom. The smallest absolute Gasteiger partial charge is 0.357 e. The maximum Gasteiger partial charge on any atom is 0.414 e. The number of hydrogen-bond acceptors (Lipinski definition) is 2. The quantitative estimate of drug-likeness (QED) is 0.734. The fourth-order valence-corrected chi connectivity index (χ4v) is 0.710. The van der Waals surface area contributed by atoms with E-state index in [0.29, 0.717) is 0 Å². The van der Waals surface area contributed by atoms with Crippen LogP contribution in [-0.4, -0.2) is 23.7 Å². The minimum atomic E-state index is -4.46. The summed E-state index contributed by atoms with van der Waals surface area (Å²) < 4.78 is 34.7. The molecule has 1 amide bonds. The van der Waals surface area contributed by atoms with E-state index in [1.807, 2.05) is 0 Å². The average Bonchev–Trinajstić information content (AvgIpc) is 2.53. The summed E-state index contributed by atoms with van der Waals surface area (Å²) in [6.45, 7) is -1.51. The van der Waals surface area contributed by atoms with Crippen molar-refractivity contribution < 1.29 is 22.8 Å². The molecule has 0 fully saturated rings. The molecule has 0 aliphatic carbocycles. The lowest BCUT2D eigenvalue weighted by molar-refractivity contribution is -0.184. The highest BCUT2D eigenvalue weighted by atomic mass is 19.4. The van der Waals surface area contributed by atoms with Crippen LogP contribution in [0.5, 0.6) is 0 Å². The fraction of sp³-hybridized carbons (Fsp3) is 0.286. The Hall–Kier alpha value is -1.50. The zero-order chi connectivity index (χ0) is 10.6. The number of nitrogens with one attached hydrogen (secondary N) is 2. The minimum absolute atomic E-state index is 0.132. The molecular weight excluding hydrogens is 201 g/mol. The molecular formula is C7H7F3N2O2. The molecule has 7 heteroatoms. The summed E-state index contributed by atoms with van der Waals surface area (Å²) in [6.07, 6.45) is -2.98. The van der Waals surface area contributed by atoms with E-state index in [0.717, 1.165) is 0 Å². The van der Waals surface area contributed by atoms with Crippen molar-refractivity contribution in [2.75, 3.05) is 6.61 Å². The van der Waals surface area contributed by atoms with Crippen LogP contribution in [0.25, 0.3) is 0 Å². The number of H-pyrrole nitrogens is 1. The van der Waals surface area contributed by atoms with Crippen LogP contribution >= 0.6 is 0 Å². The summed E-state index contributed by atoms with van der Waals surface area (Å²) in [5, 5.41) is 0. The molecule has 0 aromatic carbocycles. The Bertz CT molecular complexity index is 294. The van der Waals surface area contributed by atoms with Gasteiger partial charge in [-0.25, -0.2) is 5.48 Å². The highest BCUT2D eigenvalue weighted by Crippen LogP contribution is 2.13. The second-order valence-electron chi connectivity index (χ2n) is 2.42. The van der Waals surface area contributed by atoms with Crippen LogP contribution in [0.15, 0.2) is 18.3 Å². The molecule has 0 atom stereocenters. The predicted octanol–water partition coefficient (Wildman–Crippen LogP) is 1.24. The number of aromatic amines is 1. The van der Waals surface area contributed by atoms with E-state index in [1.54, 1.807) is 11.5 Å². The van der Waals surface area contributed by atoms with E-state index in [2.05, 4.69) is 9.82 Å². The van der Waals surface area contributed by atoms with Gasteiger partial charge >= 0.3 is 6.18 Å². The Morgan fingerprint density at radius 1 is 1.57 bits per heavy atom. The van der Waals surface area contributed by atoms with Gasteiger partial charge in [0, 0.05) is 6.20 Å². The summed E-state index contributed by atoms with van der Waals surface area (Å²) >= 11 is 0. The highest BCUT2D eigenvalue weighted by Gasteiger charge is 2.28. The van der Waals surface area contributed by atoms with Gasteiger partial charge in [0.1, 0.15) is 5.69 Å². The molecule has 0 aliphatic heterocycles. The van der Waals surface area contributed by atoms with Gasteiger partial charge in [0.05, 0.1) is 0 Å². The van der Waals surface area contributed by atoms with E-state index in [1.165, 1.54) is 12.3 Å². The summed E-state index contributed by atoms with van der Waals surface area (Å²) in [6, 6.07) is 2.95. The Kier molecular flexibility index (Phi) is 3.13. The monoisotopic (exact) mass is 208 g/mol. The van der Waals surface area contributed by atoms with Crippen molar-refractivity contribution in [1.82, 2.24) is 10.5 Å². The number of halogens is 3. The van der Waals surface area contributed by atoms with Crippen LogP contribution in [0.2, 0.25) is 0 Å². The number of rotatable bonds is 3. The standard InChI is InChI=1S/C7H7F3N2O2/c8-7(9,10)4-14-12-6(13)5-2-1-3-11-5/h1-3,11H,4H2,(H,12,13). The predicted molar refractivity (Wildman–Crippen MR) is 40.3 cm³/mol. The Balaban J connectivity index is 2.30. The normalized spacial score (nSPS) is 11.4. The van der Waals surface area contributed by atoms with Crippen LogP contribution in [0.3, 0.4) is 0 Å². The van der Waals surface area contributed by atoms with Crippen molar-refractivity contribution in [3.05, 3.63) is 24.0 Å². The van der Waals surface area contributed by atoms with Gasteiger partial charge in [0.15, 0.2) is 6.61 Å². The van der Waals surface area contributed by atoms with E-state index < -0.39 is 18.7 Å². The minimum Gasteiger partial charge on any atom is -0.357 e. The van der Waals surface area contributed by atoms with Gasteiger partial charge < -0.3 is 4.98 Å². The number of carbonyl (C=O) groups excluding carboxylic acids is 1. The fourth-order valence-electron chi connectivity index (χ4n) is 0.710. The first-order valence-electron chi connectivity index (χ1n) is 3.61. The van der Waals surface area contributed by atoms with Crippen LogP contribution in [-0.2, 0) is 4.84 Å². The van der Waals surface area contributed by atoms with Gasteiger partial charge in [-0.3, -0.25) is 9.63 Å². The second-order valence-corrected chi connectivity index (χ2v) is 2.42. The molecule has 1 heterocycles. The average molecular weight is 208 g/mol. The molecule has 1 aromatic heterocycles. The first-order chi connectivity index (χ1) is 6.49. The van der Waals surface area contributed by atoms with Crippen LogP contribution in [0.1, 0.15) is 10.5 Å². The van der Waals surface area contributed by atoms with E-state index in [-0.39, 0.29) is 5.69 Å². The third-order valence-corrected chi connectivity index (χ3v) is 1.24. The lowest BCUT2D eigenvalue weighted by Gasteiger charge is -2.07. The molecule has 2 N–H and O–H groups in total. The maximum absolute atomic E-state index is 11.6. The zero-order valence-corrected chi connectivity index (χ0v) is 6.89. The van der Waals surface area contributed by atoms with Crippen molar-refractivity contribution in [3.8, 4) is 0 Å². The number of alkyl halides is 3. The van der Waals surface area contributed by atoms with Gasteiger partial charge in [-0.15, -0.1) is 0 Å². The SMILES string of the molecule is O=C(NOCC(F)(F)F)c1ccc[nH]1. The van der Waals surface area contributed by atoms with E-state index >= 15 is 0 Å². The second kappa shape index (κ2) is 4.14. The van der Waals surface area contributed by atoms with Crippen molar-refractivity contribution in [1.29, 1.82) is 0 Å². The van der Waals surface area contributed by atoms with Crippen molar-refractivity contribution >= 4 is 5.91 Å². The van der Waals surface area contributed by atoms with Gasteiger partial charge in [-0.2, -0.15) is 13.2 Å². The molecule has 78 valence electrons. The van der Waals surface area contributed by atoms with Crippen LogP contribution in [0, 0.1) is 0 Å². The number of hydroxylamine groups is 1. The first-order valence-corrected chi connectivity index (χ1v) is 3.61. The van der Waals surface area contributed by atoms with Crippen LogP contribution < -0.4 is 5.48 Å². The largest absolute Gasteiger partial charge is 0.414 e. The molecule has 0 saturated heterocycles. The van der Waals surface area contributed by atoms with Crippen molar-refractivity contribution in [2.45, 2.75) is 6.18 Å². The van der Waals surface area contributed by atoms with Crippen LogP contribution in [0.4, 0.5) is 13.2 Å². The summed E-state index contributed by atoms with van der Waals surface area (Å²) in [7, 11) is 0. The molecule has 0 radical (unpaired) electrons. The Labute approximate surface area is 77.0 Å². The topological polar surface area (TPSA) is 54.1 Å². The molecule has 0 bridgehead atoms. The molecule has 0 unspecified atom stereocenters. The molecule has 0 aliphatic rings. The molecule has 0 saturated carbocycles. The molecule has 1 rings (SSSR count). The molecule has 4 nitrogen and oxygen atoms in total. The number of hydrogen-bond donors (Lipinski definition) is 2. The highest BCUT2D eigenvalue weighted by molar-refractivity contribution is 5.91. The molecule has 14 heavy (non-hydrogen) atoms. The third-order valence-electron chi connectivity index (χ3n) is 1.24. The van der Waals surface area contributed by atoms with E-state index in [4.69, 9.17) is 0 Å². The van der Waals surface area contributed by atoms with Gasteiger partial charge in [-0.1, -0.05) is 0 Å². The first kappa shape index (κ1) is 10.6.